The molecule has 2 heterocycles. The molecule has 4 rings (SSSR count). The molecule has 1 aromatic carbocycles. The Balaban J connectivity index is 1.52. The van der Waals surface area contributed by atoms with Crippen LogP contribution in [-0.4, -0.2) is 32.6 Å². The minimum atomic E-state index is -0.335. The molecule has 30 heavy (non-hydrogen) atoms. The van der Waals surface area contributed by atoms with Gasteiger partial charge in [0.2, 0.25) is 6.79 Å². The predicted molar refractivity (Wildman–Crippen MR) is 114 cm³/mol. The van der Waals surface area contributed by atoms with E-state index in [1.165, 1.54) is 5.57 Å². The highest BCUT2D eigenvalue weighted by atomic mass is 16.7. The van der Waals surface area contributed by atoms with Crippen LogP contribution in [0.25, 0.3) is 0 Å². The van der Waals surface area contributed by atoms with E-state index < -0.39 is 0 Å². The fourth-order valence-corrected chi connectivity index (χ4v) is 5.27. The molecule has 164 valence electrons. The van der Waals surface area contributed by atoms with Crippen LogP contribution in [0, 0.1) is 23.2 Å². The number of rotatable bonds is 6. The van der Waals surface area contributed by atoms with Gasteiger partial charge in [-0.15, -0.1) is 0 Å². The van der Waals surface area contributed by atoms with Gasteiger partial charge < -0.3 is 24.3 Å². The Morgan fingerprint density at radius 2 is 2.07 bits per heavy atom. The normalized spacial score (nSPS) is 31.8. The Kier molecular flexibility index (Phi) is 5.96. The molecule has 1 amide bonds. The Labute approximate surface area is 178 Å². The van der Waals surface area contributed by atoms with E-state index in [1.807, 2.05) is 12.1 Å². The smallest absolute Gasteiger partial charge is 0.407 e. The lowest BCUT2D eigenvalue weighted by atomic mass is 9.56. The van der Waals surface area contributed by atoms with Gasteiger partial charge in [0, 0.05) is 17.9 Å². The molecule has 0 unspecified atom stereocenters. The molecule has 2 bridgehead atoms. The number of hydrogen-bond acceptors (Lipinski definition) is 5. The van der Waals surface area contributed by atoms with Crippen LogP contribution in [-0.2, 0) is 9.47 Å². The molecular formula is C24H33NO5. The van der Waals surface area contributed by atoms with Crippen molar-refractivity contribution in [3.05, 3.63) is 35.4 Å². The van der Waals surface area contributed by atoms with Crippen molar-refractivity contribution < 1.29 is 23.7 Å². The number of ether oxygens (including phenoxy) is 4. The Hall–Kier alpha value is -2.21. The average Bonchev–Trinajstić information content (AvgIpc) is 3.19. The molecule has 5 atom stereocenters. The summed E-state index contributed by atoms with van der Waals surface area (Å²) >= 11 is 0. The molecule has 0 saturated carbocycles. The van der Waals surface area contributed by atoms with E-state index in [1.54, 1.807) is 0 Å². The van der Waals surface area contributed by atoms with Crippen molar-refractivity contribution >= 4 is 6.09 Å². The fraction of sp³-hybridized carbons (Fsp3) is 0.625. The van der Waals surface area contributed by atoms with Gasteiger partial charge in [-0.05, 0) is 42.9 Å². The number of fused-ring (bicyclic) bond motifs is 3. The number of benzene rings is 1. The van der Waals surface area contributed by atoms with Crippen molar-refractivity contribution in [3.63, 3.8) is 0 Å². The number of nitrogens with one attached hydrogen (secondary N) is 1. The number of carbonyl (C=O) groups is 1. The van der Waals surface area contributed by atoms with Gasteiger partial charge in [0.1, 0.15) is 6.61 Å². The van der Waals surface area contributed by atoms with Crippen molar-refractivity contribution in [1.82, 2.24) is 5.32 Å². The van der Waals surface area contributed by atoms with Crippen molar-refractivity contribution in [3.8, 4) is 11.5 Å². The van der Waals surface area contributed by atoms with Gasteiger partial charge >= 0.3 is 6.09 Å². The molecule has 3 aliphatic rings. The molecule has 0 aromatic heterocycles. The second-order valence-corrected chi connectivity index (χ2v) is 8.95. The molecule has 1 aliphatic carbocycles. The van der Waals surface area contributed by atoms with Gasteiger partial charge in [-0.3, -0.25) is 0 Å². The maximum atomic E-state index is 12.2. The molecule has 6 heteroatoms. The van der Waals surface area contributed by atoms with Gasteiger partial charge in [0.15, 0.2) is 11.5 Å². The molecule has 6 nitrogen and oxygen atoms in total. The largest absolute Gasteiger partial charge is 0.454 e. The number of allylic oxidation sites excluding steroid dienone is 1. The molecule has 0 radical (unpaired) electrons. The summed E-state index contributed by atoms with van der Waals surface area (Å²) in [6.07, 6.45) is 3.95. The molecule has 2 aliphatic heterocycles. The van der Waals surface area contributed by atoms with E-state index in [4.69, 9.17) is 18.9 Å². The maximum Gasteiger partial charge on any atom is 0.407 e. The molecule has 1 N–H and O–H groups in total. The third-order valence-corrected chi connectivity index (χ3v) is 7.25. The summed E-state index contributed by atoms with van der Waals surface area (Å²) in [5.74, 6) is 2.36. The van der Waals surface area contributed by atoms with E-state index in [9.17, 15) is 4.79 Å². The molecular weight excluding hydrogens is 382 g/mol. The summed E-state index contributed by atoms with van der Waals surface area (Å²) in [4.78, 5) is 12.2. The first-order valence-corrected chi connectivity index (χ1v) is 11.1. The minimum Gasteiger partial charge on any atom is -0.454 e. The zero-order chi connectivity index (χ0) is 21.3. The first-order chi connectivity index (χ1) is 14.5. The zero-order valence-electron chi connectivity index (χ0n) is 18.4. The van der Waals surface area contributed by atoms with E-state index in [-0.39, 0.29) is 36.2 Å². The van der Waals surface area contributed by atoms with Gasteiger partial charge in [0.25, 0.3) is 0 Å². The van der Waals surface area contributed by atoms with E-state index in [0.29, 0.717) is 25.7 Å². The maximum absolute atomic E-state index is 12.2. The monoisotopic (exact) mass is 415 g/mol. The standard InChI is InChI=1S/C24H33NO5/c1-5-6-9-25-23(26)28-13-24-12-27-22(21(17(24)4)15(2)10-16(24)3)18-7-8-19-20(11-18)30-14-29-19/h7-8,10-11,16-17,21-22H,5-6,9,12-14H2,1-4H3,(H,25,26)/t16-,17+,21+,22-,24+/m0/s1. The van der Waals surface area contributed by atoms with Crippen LogP contribution in [0.2, 0.25) is 0 Å². The van der Waals surface area contributed by atoms with Gasteiger partial charge in [-0.2, -0.15) is 0 Å². The lowest BCUT2D eigenvalue weighted by Gasteiger charge is -2.55. The number of alkyl carbamates (subject to hydrolysis) is 1. The first kappa shape index (κ1) is 21.0. The van der Waals surface area contributed by atoms with Crippen LogP contribution in [0.4, 0.5) is 4.79 Å². The van der Waals surface area contributed by atoms with Gasteiger partial charge in [-0.25, -0.2) is 4.79 Å². The minimum absolute atomic E-state index is 0.0512. The third kappa shape index (κ3) is 3.66. The van der Waals surface area contributed by atoms with E-state index in [0.717, 1.165) is 29.9 Å². The topological polar surface area (TPSA) is 66.0 Å². The second kappa shape index (κ2) is 8.50. The second-order valence-electron chi connectivity index (χ2n) is 8.95. The SMILES string of the molecule is CCCCNC(=O)OC[C@]12CO[C@@H](c3ccc4c(c3)OCO4)[C@H](C(C)=C[C@@H]1C)[C@H]2C. The average molecular weight is 416 g/mol. The number of hydrogen-bond donors (Lipinski definition) is 1. The van der Waals surface area contributed by atoms with Crippen LogP contribution < -0.4 is 14.8 Å². The van der Waals surface area contributed by atoms with Crippen molar-refractivity contribution in [2.45, 2.75) is 46.6 Å². The molecule has 0 spiro atoms. The highest BCUT2D eigenvalue weighted by molar-refractivity contribution is 5.67. The van der Waals surface area contributed by atoms with Crippen LogP contribution in [0.15, 0.2) is 29.8 Å². The summed E-state index contributed by atoms with van der Waals surface area (Å²) in [6.45, 7) is 10.6. The zero-order valence-corrected chi connectivity index (χ0v) is 18.4. The Morgan fingerprint density at radius 3 is 2.87 bits per heavy atom. The summed E-state index contributed by atoms with van der Waals surface area (Å²) in [6, 6.07) is 6.07. The molecule has 1 fully saturated rings. The fourth-order valence-electron chi connectivity index (χ4n) is 5.27. The van der Waals surface area contributed by atoms with Crippen LogP contribution in [0.5, 0.6) is 11.5 Å². The van der Waals surface area contributed by atoms with Gasteiger partial charge in [-0.1, -0.05) is 44.9 Å². The quantitative estimate of drug-likeness (QED) is 0.532. The molecule has 1 aromatic rings. The number of unbranched alkanes of at least 4 members (excludes halogenated alkanes) is 1. The summed E-state index contributed by atoms with van der Waals surface area (Å²) in [5.41, 5.74) is 2.21. The van der Waals surface area contributed by atoms with Crippen LogP contribution in [0.1, 0.15) is 52.2 Å². The number of amides is 1. The first-order valence-electron chi connectivity index (χ1n) is 11.1. The highest BCUT2D eigenvalue weighted by Crippen LogP contribution is 2.56. The lowest BCUT2D eigenvalue weighted by molar-refractivity contribution is -0.165. The summed E-state index contributed by atoms with van der Waals surface area (Å²) in [5, 5.41) is 2.85. The van der Waals surface area contributed by atoms with Crippen LogP contribution >= 0.6 is 0 Å². The lowest BCUT2D eigenvalue weighted by Crippen LogP contribution is -2.54. The summed E-state index contributed by atoms with van der Waals surface area (Å²) < 4.78 is 23.2. The third-order valence-electron chi connectivity index (χ3n) is 7.25. The van der Waals surface area contributed by atoms with Crippen molar-refractivity contribution in [2.24, 2.45) is 23.2 Å². The van der Waals surface area contributed by atoms with E-state index in [2.05, 4.69) is 45.2 Å². The number of carbonyl (C=O) groups excluding carboxylic acids is 1. The molecule has 1 saturated heterocycles. The van der Waals surface area contributed by atoms with Crippen LogP contribution in [0.3, 0.4) is 0 Å². The Morgan fingerprint density at radius 1 is 1.27 bits per heavy atom. The summed E-state index contributed by atoms with van der Waals surface area (Å²) in [7, 11) is 0. The van der Waals surface area contributed by atoms with Crippen molar-refractivity contribution in [2.75, 3.05) is 26.6 Å². The predicted octanol–water partition coefficient (Wildman–Crippen LogP) is 4.85. The highest BCUT2D eigenvalue weighted by Gasteiger charge is 2.54. The Bertz CT molecular complexity index is 822. The van der Waals surface area contributed by atoms with E-state index >= 15 is 0 Å². The van der Waals surface area contributed by atoms with Crippen molar-refractivity contribution in [1.29, 1.82) is 0 Å². The van der Waals surface area contributed by atoms with Gasteiger partial charge in [0.05, 0.1) is 12.7 Å².